The van der Waals surface area contributed by atoms with Gasteiger partial charge in [0.2, 0.25) is 0 Å². The molecule has 5 rings (SSSR count). The monoisotopic (exact) mass is 646 g/mol. The molecule has 1 fully saturated rings. The number of anilines is 1. The molecule has 13 nitrogen and oxygen atoms in total. The Bertz CT molecular complexity index is 1980. The summed E-state index contributed by atoms with van der Waals surface area (Å²) < 4.78 is 35.7. The second kappa shape index (κ2) is 13.6. The van der Waals surface area contributed by atoms with Gasteiger partial charge in [-0.3, -0.25) is 19.1 Å². The van der Waals surface area contributed by atoms with Crippen molar-refractivity contribution in [2.24, 2.45) is 13.0 Å². The first kappa shape index (κ1) is 32.4. The first-order valence-electron chi connectivity index (χ1n) is 14.6. The molecule has 1 saturated heterocycles. The molecule has 240 valence electrons. The van der Waals surface area contributed by atoms with E-state index in [-0.39, 0.29) is 31.2 Å². The highest BCUT2D eigenvalue weighted by atomic mass is 32.2. The summed E-state index contributed by atoms with van der Waals surface area (Å²) in [5.41, 5.74) is 4.39. The van der Waals surface area contributed by atoms with Crippen LogP contribution in [0.5, 0.6) is 0 Å². The first-order valence-corrected chi connectivity index (χ1v) is 16.1. The molecule has 2 aromatic carbocycles. The molecule has 0 aliphatic carbocycles. The Hall–Kier alpha value is -4.97. The molecule has 4 aromatic rings. The number of carboxylic acids is 1. The van der Waals surface area contributed by atoms with E-state index in [1.807, 2.05) is 30.3 Å². The van der Waals surface area contributed by atoms with Crippen molar-refractivity contribution in [3.8, 4) is 11.8 Å². The van der Waals surface area contributed by atoms with Gasteiger partial charge in [0, 0.05) is 62.8 Å². The molecular formula is C32H34N6O7S. The molecule has 0 spiro atoms. The number of carboxylic acid groups (broad SMARTS) is 1. The number of hydrogen-bond donors (Lipinski definition) is 3. The smallest absolute Gasteiger partial charge is 0.419 e. The number of amides is 1. The van der Waals surface area contributed by atoms with Gasteiger partial charge in [-0.05, 0) is 60.0 Å². The summed E-state index contributed by atoms with van der Waals surface area (Å²) in [4.78, 5) is 42.2. The molecule has 0 saturated carbocycles. The van der Waals surface area contributed by atoms with Crippen LogP contribution in [-0.2, 0) is 28.6 Å². The van der Waals surface area contributed by atoms with Crippen LogP contribution >= 0.6 is 0 Å². The van der Waals surface area contributed by atoms with Crippen molar-refractivity contribution in [3.05, 3.63) is 93.7 Å². The Morgan fingerprint density at radius 2 is 1.70 bits per heavy atom. The first-order chi connectivity index (χ1) is 21.9. The third-order valence-electron chi connectivity index (χ3n) is 7.67. The number of pyridine rings is 1. The minimum Gasteiger partial charge on any atom is -0.480 e. The average molecular weight is 647 g/mol. The standard InChI is InChI=1S/C32H34N6O7S/c1-21(2)29(31(40)41)35-46(43,44)38-16-14-37(15-17-38)25-9-6-22(7-10-25)4-5-23-12-13-33-26(18-23)30(39)34-20-24-8-11-27-28(19-24)45-32(42)36(27)3/h6-13,18-19,21,29,35H,14-17,20H2,1-3H3,(H,34,39)(H,40,41)/t29-/m1/s1. The minimum absolute atomic E-state index is 0.216. The molecule has 1 aliphatic rings. The Morgan fingerprint density at radius 1 is 1.00 bits per heavy atom. The summed E-state index contributed by atoms with van der Waals surface area (Å²) in [6, 6.07) is 15.0. The van der Waals surface area contributed by atoms with E-state index in [9.17, 15) is 27.9 Å². The third-order valence-corrected chi connectivity index (χ3v) is 9.27. The number of aryl methyl sites for hydroxylation is 1. The lowest BCUT2D eigenvalue weighted by molar-refractivity contribution is -0.140. The second-order valence-corrected chi connectivity index (χ2v) is 12.9. The van der Waals surface area contributed by atoms with Crippen LogP contribution in [0.15, 0.2) is 70.0 Å². The molecule has 2 aromatic heterocycles. The van der Waals surface area contributed by atoms with Gasteiger partial charge < -0.3 is 19.7 Å². The van der Waals surface area contributed by atoms with Gasteiger partial charge in [-0.1, -0.05) is 31.8 Å². The van der Waals surface area contributed by atoms with E-state index in [0.717, 1.165) is 16.8 Å². The van der Waals surface area contributed by atoms with Crippen LogP contribution < -0.4 is 20.7 Å². The van der Waals surface area contributed by atoms with Gasteiger partial charge in [-0.2, -0.15) is 17.4 Å². The highest BCUT2D eigenvalue weighted by molar-refractivity contribution is 7.87. The number of nitrogens with one attached hydrogen (secondary N) is 2. The van der Waals surface area contributed by atoms with Crippen LogP contribution in [0.3, 0.4) is 0 Å². The number of fused-ring (bicyclic) bond motifs is 1. The molecule has 14 heteroatoms. The Morgan fingerprint density at radius 3 is 2.37 bits per heavy atom. The molecule has 46 heavy (non-hydrogen) atoms. The molecule has 0 radical (unpaired) electrons. The topological polar surface area (TPSA) is 167 Å². The maximum atomic E-state index is 12.8. The van der Waals surface area contributed by atoms with Crippen molar-refractivity contribution < 1.29 is 27.5 Å². The average Bonchev–Trinajstić information content (AvgIpc) is 3.33. The summed E-state index contributed by atoms with van der Waals surface area (Å²) >= 11 is 0. The fourth-order valence-electron chi connectivity index (χ4n) is 4.99. The molecule has 0 bridgehead atoms. The number of aromatic nitrogens is 2. The minimum atomic E-state index is -3.94. The normalized spacial score (nSPS) is 14.6. The zero-order valence-corrected chi connectivity index (χ0v) is 26.4. The van der Waals surface area contributed by atoms with Crippen LogP contribution in [0.25, 0.3) is 11.1 Å². The van der Waals surface area contributed by atoms with Crippen molar-refractivity contribution in [1.29, 1.82) is 0 Å². The zero-order valence-electron chi connectivity index (χ0n) is 25.6. The second-order valence-electron chi connectivity index (χ2n) is 11.2. The Kier molecular flexibility index (Phi) is 9.57. The summed E-state index contributed by atoms with van der Waals surface area (Å²) in [6.45, 7) is 4.87. The number of nitrogens with zero attached hydrogens (tertiary/aromatic N) is 4. The molecule has 1 amide bonds. The lowest BCUT2D eigenvalue weighted by Gasteiger charge is -2.36. The van der Waals surface area contributed by atoms with Gasteiger partial charge in [-0.25, -0.2) is 4.79 Å². The van der Waals surface area contributed by atoms with E-state index < -0.39 is 33.9 Å². The van der Waals surface area contributed by atoms with Crippen LogP contribution in [0, 0.1) is 17.8 Å². The number of aliphatic carboxylic acids is 1. The number of piperazine rings is 1. The van der Waals surface area contributed by atoms with Crippen molar-refractivity contribution in [3.63, 3.8) is 0 Å². The summed E-state index contributed by atoms with van der Waals surface area (Å²) in [6.07, 6.45) is 1.52. The van der Waals surface area contributed by atoms with E-state index >= 15 is 0 Å². The maximum Gasteiger partial charge on any atom is 0.419 e. The molecule has 0 unspecified atom stereocenters. The van der Waals surface area contributed by atoms with Crippen LogP contribution in [0.2, 0.25) is 0 Å². The van der Waals surface area contributed by atoms with Crippen LogP contribution in [0.4, 0.5) is 5.69 Å². The summed E-state index contributed by atoms with van der Waals surface area (Å²) in [7, 11) is -2.31. The molecule has 3 N–H and O–H groups in total. The maximum absolute atomic E-state index is 12.8. The van der Waals surface area contributed by atoms with Crippen molar-refractivity contribution in [1.82, 2.24) is 23.9 Å². The van der Waals surface area contributed by atoms with E-state index in [1.54, 1.807) is 45.2 Å². The van der Waals surface area contributed by atoms with Crippen molar-refractivity contribution in [2.75, 3.05) is 31.1 Å². The van der Waals surface area contributed by atoms with Gasteiger partial charge >= 0.3 is 11.7 Å². The fourth-order valence-corrected chi connectivity index (χ4v) is 6.47. The fraction of sp³-hybridized carbons (Fsp3) is 0.312. The Labute approximate surface area is 266 Å². The van der Waals surface area contributed by atoms with Crippen LogP contribution in [0.1, 0.15) is 41.0 Å². The number of benzene rings is 2. The predicted octanol–water partition coefficient (Wildman–Crippen LogP) is 1.92. The number of carbonyl (C=O) groups is 2. The van der Waals surface area contributed by atoms with E-state index in [4.69, 9.17) is 4.42 Å². The lowest BCUT2D eigenvalue weighted by Crippen LogP contribution is -2.55. The summed E-state index contributed by atoms with van der Waals surface area (Å²) in [5, 5.41) is 12.2. The molecular weight excluding hydrogens is 612 g/mol. The highest BCUT2D eigenvalue weighted by Gasteiger charge is 2.33. The van der Waals surface area contributed by atoms with E-state index in [1.165, 1.54) is 15.1 Å². The number of rotatable bonds is 9. The molecule has 3 heterocycles. The highest BCUT2D eigenvalue weighted by Crippen LogP contribution is 2.19. The lowest BCUT2D eigenvalue weighted by atomic mass is 10.1. The predicted molar refractivity (Wildman–Crippen MR) is 171 cm³/mol. The third kappa shape index (κ3) is 7.45. The molecule has 1 atom stereocenters. The van der Waals surface area contributed by atoms with Gasteiger partial charge in [0.1, 0.15) is 11.7 Å². The number of hydrogen-bond acceptors (Lipinski definition) is 8. The quantitative estimate of drug-likeness (QED) is 0.230. The van der Waals surface area contributed by atoms with E-state index in [2.05, 4.69) is 31.8 Å². The number of oxazole rings is 1. The van der Waals surface area contributed by atoms with Crippen molar-refractivity contribution in [2.45, 2.75) is 26.4 Å². The Balaban J connectivity index is 1.16. The van der Waals surface area contributed by atoms with Gasteiger partial charge in [0.05, 0.1) is 5.52 Å². The van der Waals surface area contributed by atoms with Gasteiger partial charge in [-0.15, -0.1) is 0 Å². The number of carbonyl (C=O) groups excluding carboxylic acids is 1. The van der Waals surface area contributed by atoms with Gasteiger partial charge in [0.15, 0.2) is 5.58 Å². The SMILES string of the molecule is CC(C)[C@@H](NS(=O)(=O)N1CCN(c2ccc(C#Cc3ccnc(C(=O)NCc4ccc5c(c4)oc(=O)n5C)c3)cc2)CC1)C(=O)O. The molecule has 1 aliphatic heterocycles. The summed E-state index contributed by atoms with van der Waals surface area (Å²) in [5.74, 6) is 3.73. The largest absolute Gasteiger partial charge is 0.480 e. The zero-order chi connectivity index (χ0) is 33.0. The van der Waals surface area contributed by atoms with E-state index in [0.29, 0.717) is 29.8 Å². The van der Waals surface area contributed by atoms with Crippen molar-refractivity contribution >= 4 is 38.9 Å². The van der Waals surface area contributed by atoms with Gasteiger partial charge in [0.25, 0.3) is 16.1 Å². The van der Waals surface area contributed by atoms with Crippen LogP contribution in [-0.4, -0.2) is 71.5 Å².